The standard InChI is InChI=1S/C3HF5O2.Mg.2H/c4-2(5,1(9)10)3(6,7)8;;;/h(H,9,10);;;/q;+2;2*-1. The van der Waals surface area contributed by atoms with Crippen LogP contribution in [0, 0.1) is 0 Å². The van der Waals surface area contributed by atoms with Crippen LogP contribution in [0.4, 0.5) is 22.0 Å². The van der Waals surface area contributed by atoms with E-state index in [1.807, 2.05) is 0 Å². The van der Waals surface area contributed by atoms with Crippen LogP contribution < -0.4 is 0 Å². The number of carboxylic acid groups (broad SMARTS) is 1. The van der Waals surface area contributed by atoms with Crippen LogP contribution in [0.2, 0.25) is 0 Å². The predicted molar refractivity (Wildman–Crippen MR) is 26.6 cm³/mol. The second-order valence-corrected chi connectivity index (χ2v) is 1.38. The summed E-state index contributed by atoms with van der Waals surface area (Å²) in [5, 5.41) is 7.31. The summed E-state index contributed by atoms with van der Waals surface area (Å²) in [6.07, 6.45) is -6.02. The van der Waals surface area contributed by atoms with Gasteiger partial charge < -0.3 is 7.96 Å². The molecule has 0 aliphatic rings. The topological polar surface area (TPSA) is 37.3 Å². The van der Waals surface area contributed by atoms with E-state index in [1.54, 1.807) is 0 Å². The van der Waals surface area contributed by atoms with Crippen molar-refractivity contribution in [1.29, 1.82) is 0 Å². The van der Waals surface area contributed by atoms with E-state index in [2.05, 4.69) is 0 Å². The largest absolute Gasteiger partial charge is 2.00 e. The number of halogens is 5. The average Bonchev–Trinajstić information content (AvgIpc) is 1.62. The maximum Gasteiger partial charge on any atom is 2.00 e. The summed E-state index contributed by atoms with van der Waals surface area (Å²) < 4.78 is 55.5. The molecule has 1 N–H and O–H groups in total. The molecule has 0 saturated heterocycles. The van der Waals surface area contributed by atoms with Crippen molar-refractivity contribution in [2.45, 2.75) is 12.1 Å². The SMILES string of the molecule is O=C(O)C(F)(F)C(F)(F)F.[H-].[H-].[Mg+2]. The molecule has 0 aromatic carbocycles. The molecule has 0 rings (SSSR count). The molecule has 0 saturated carbocycles. The van der Waals surface area contributed by atoms with Crippen LogP contribution in [-0.2, 0) is 4.79 Å². The Morgan fingerprint density at radius 2 is 1.45 bits per heavy atom. The number of carboxylic acids is 1. The summed E-state index contributed by atoms with van der Waals surface area (Å²) in [5.41, 5.74) is 0. The summed E-state index contributed by atoms with van der Waals surface area (Å²) in [4.78, 5) is 9.20. The molecule has 0 aromatic rings. The zero-order chi connectivity index (χ0) is 8.58. The van der Waals surface area contributed by atoms with Gasteiger partial charge in [-0.15, -0.1) is 0 Å². The first-order chi connectivity index (χ1) is 4.19. The van der Waals surface area contributed by atoms with Crippen molar-refractivity contribution in [2.75, 3.05) is 0 Å². The van der Waals surface area contributed by atoms with Gasteiger partial charge in [0.1, 0.15) is 0 Å². The fourth-order valence-corrected chi connectivity index (χ4v) is 0.121. The molecule has 0 spiro atoms. The zero-order valence-electron chi connectivity index (χ0n) is 6.95. The molecule has 0 amide bonds. The van der Waals surface area contributed by atoms with E-state index in [4.69, 9.17) is 5.11 Å². The normalized spacial score (nSPS) is 12.1. The Kier molecular flexibility index (Phi) is 4.32. The zero-order valence-corrected chi connectivity index (χ0v) is 6.37. The molecular formula is C3H3F5MgO2. The van der Waals surface area contributed by atoms with Crippen LogP contribution in [0.5, 0.6) is 0 Å². The van der Waals surface area contributed by atoms with Crippen LogP contribution in [-0.4, -0.2) is 46.2 Å². The third-order valence-electron chi connectivity index (χ3n) is 0.625. The molecule has 11 heavy (non-hydrogen) atoms. The molecule has 0 heterocycles. The summed E-state index contributed by atoms with van der Waals surface area (Å²) in [6, 6.07) is 0. The van der Waals surface area contributed by atoms with Gasteiger partial charge >= 0.3 is 41.1 Å². The average molecular weight is 190 g/mol. The van der Waals surface area contributed by atoms with Gasteiger partial charge in [0, 0.05) is 0 Å². The molecular weight excluding hydrogens is 187 g/mol. The van der Waals surface area contributed by atoms with E-state index in [0.717, 1.165) is 0 Å². The van der Waals surface area contributed by atoms with Gasteiger partial charge in [-0.2, -0.15) is 22.0 Å². The molecule has 0 aliphatic heterocycles. The van der Waals surface area contributed by atoms with Gasteiger partial charge in [-0.3, -0.25) is 0 Å². The van der Waals surface area contributed by atoms with Gasteiger partial charge in [0.2, 0.25) is 0 Å². The van der Waals surface area contributed by atoms with Crippen molar-refractivity contribution >= 4 is 29.0 Å². The van der Waals surface area contributed by atoms with Crippen molar-refractivity contribution in [2.24, 2.45) is 0 Å². The number of carbonyl (C=O) groups is 1. The van der Waals surface area contributed by atoms with Crippen molar-refractivity contribution < 1.29 is 34.7 Å². The number of aliphatic carboxylic acids is 1. The van der Waals surface area contributed by atoms with Gasteiger partial charge in [-0.05, 0) is 0 Å². The fourth-order valence-electron chi connectivity index (χ4n) is 0.121. The number of hydrogen-bond acceptors (Lipinski definition) is 1. The fraction of sp³-hybridized carbons (Fsp3) is 0.667. The number of rotatable bonds is 1. The molecule has 0 bridgehead atoms. The molecule has 0 aromatic heterocycles. The summed E-state index contributed by atoms with van der Waals surface area (Å²) in [6.45, 7) is 0. The first kappa shape index (κ1) is 13.5. The van der Waals surface area contributed by atoms with Gasteiger partial charge in [-0.25, -0.2) is 4.79 Å². The minimum Gasteiger partial charge on any atom is -1.00 e. The van der Waals surface area contributed by atoms with E-state index in [-0.39, 0.29) is 25.9 Å². The minimum atomic E-state index is -6.02. The van der Waals surface area contributed by atoms with Gasteiger partial charge in [0.25, 0.3) is 0 Å². The van der Waals surface area contributed by atoms with Crippen LogP contribution in [0.3, 0.4) is 0 Å². The van der Waals surface area contributed by atoms with E-state index >= 15 is 0 Å². The maximum absolute atomic E-state index is 11.3. The van der Waals surface area contributed by atoms with Crippen molar-refractivity contribution in [1.82, 2.24) is 0 Å². The van der Waals surface area contributed by atoms with E-state index in [9.17, 15) is 26.7 Å². The van der Waals surface area contributed by atoms with Crippen LogP contribution in [0.15, 0.2) is 0 Å². The van der Waals surface area contributed by atoms with Crippen molar-refractivity contribution in [3.8, 4) is 0 Å². The Morgan fingerprint density at radius 1 is 1.18 bits per heavy atom. The molecule has 8 heteroatoms. The summed E-state index contributed by atoms with van der Waals surface area (Å²) in [7, 11) is 0. The Bertz CT molecular complexity index is 160. The first-order valence-electron chi connectivity index (χ1n) is 1.87. The maximum atomic E-state index is 11.3. The third kappa shape index (κ3) is 2.77. The molecule has 0 radical (unpaired) electrons. The second kappa shape index (κ2) is 3.52. The Labute approximate surface area is 76.5 Å². The number of hydrogen-bond donors (Lipinski definition) is 1. The van der Waals surface area contributed by atoms with Gasteiger partial charge in [0.05, 0.1) is 0 Å². The van der Waals surface area contributed by atoms with Gasteiger partial charge in [0.15, 0.2) is 0 Å². The minimum absolute atomic E-state index is 0. The van der Waals surface area contributed by atoms with E-state index < -0.39 is 18.1 Å². The summed E-state index contributed by atoms with van der Waals surface area (Å²) >= 11 is 0. The smallest absolute Gasteiger partial charge is 1.00 e. The summed E-state index contributed by atoms with van der Waals surface area (Å²) in [5.74, 6) is -8.84. The van der Waals surface area contributed by atoms with Crippen LogP contribution >= 0.6 is 0 Å². The van der Waals surface area contributed by atoms with Crippen molar-refractivity contribution in [3.05, 3.63) is 0 Å². The quantitative estimate of drug-likeness (QED) is 0.497. The Balaban J connectivity index is -0.000000135. The second-order valence-electron chi connectivity index (χ2n) is 1.38. The van der Waals surface area contributed by atoms with Crippen LogP contribution in [0.25, 0.3) is 0 Å². The Morgan fingerprint density at radius 3 is 1.45 bits per heavy atom. The number of alkyl halides is 5. The first-order valence-corrected chi connectivity index (χ1v) is 1.87. The molecule has 0 unspecified atom stereocenters. The van der Waals surface area contributed by atoms with Gasteiger partial charge in [-0.1, -0.05) is 0 Å². The van der Waals surface area contributed by atoms with Crippen molar-refractivity contribution in [3.63, 3.8) is 0 Å². The molecule has 64 valence electrons. The van der Waals surface area contributed by atoms with Crippen LogP contribution in [0.1, 0.15) is 2.85 Å². The third-order valence-corrected chi connectivity index (χ3v) is 0.625. The van der Waals surface area contributed by atoms with E-state index in [1.165, 1.54) is 0 Å². The molecule has 0 aliphatic carbocycles. The molecule has 0 atom stereocenters. The molecule has 0 fully saturated rings. The monoisotopic (exact) mass is 190 g/mol. The predicted octanol–water partition coefficient (Wildman–Crippen LogP) is 1.11. The molecule has 2 nitrogen and oxygen atoms in total. The van der Waals surface area contributed by atoms with E-state index in [0.29, 0.717) is 0 Å². The Hall–Kier alpha value is -0.114.